The van der Waals surface area contributed by atoms with Crippen molar-refractivity contribution in [3.05, 3.63) is 22.8 Å². The zero-order valence-electron chi connectivity index (χ0n) is 12.4. The standard InChI is InChI=1S/C14H22ClN3O3/c1-3-16-13-12(15)9-11(10-18-13)14(19)17-5-4-6-21-8-7-20-2/h9-10H,3-8H2,1-2H3,(H,16,18)(H,17,19). The van der Waals surface area contributed by atoms with E-state index in [1.807, 2.05) is 6.92 Å². The summed E-state index contributed by atoms with van der Waals surface area (Å²) in [5.74, 6) is 0.395. The van der Waals surface area contributed by atoms with E-state index in [0.717, 1.165) is 13.0 Å². The van der Waals surface area contributed by atoms with E-state index in [2.05, 4.69) is 15.6 Å². The van der Waals surface area contributed by atoms with Gasteiger partial charge in [-0.2, -0.15) is 0 Å². The average Bonchev–Trinajstić information content (AvgIpc) is 2.48. The lowest BCUT2D eigenvalue weighted by atomic mass is 10.2. The molecule has 1 rings (SSSR count). The predicted octanol–water partition coefficient (Wildman–Crippen LogP) is 1.95. The van der Waals surface area contributed by atoms with Crippen LogP contribution in [0.4, 0.5) is 5.82 Å². The summed E-state index contributed by atoms with van der Waals surface area (Å²) >= 11 is 6.05. The van der Waals surface area contributed by atoms with Gasteiger partial charge < -0.3 is 20.1 Å². The minimum absolute atomic E-state index is 0.190. The maximum atomic E-state index is 11.9. The van der Waals surface area contributed by atoms with Gasteiger partial charge in [0.25, 0.3) is 5.91 Å². The van der Waals surface area contributed by atoms with Gasteiger partial charge in [0.1, 0.15) is 5.82 Å². The molecule has 2 N–H and O–H groups in total. The second kappa shape index (κ2) is 10.4. The summed E-state index contributed by atoms with van der Waals surface area (Å²) in [5, 5.41) is 6.25. The van der Waals surface area contributed by atoms with Crippen LogP contribution in [0, 0.1) is 0 Å². The molecule has 0 saturated heterocycles. The third-order valence-corrected chi connectivity index (χ3v) is 2.92. The highest BCUT2D eigenvalue weighted by atomic mass is 35.5. The van der Waals surface area contributed by atoms with Crippen LogP contribution in [0.15, 0.2) is 12.3 Å². The quantitative estimate of drug-likeness (QED) is 0.646. The number of halogens is 1. The topological polar surface area (TPSA) is 72.5 Å². The third kappa shape index (κ3) is 6.75. The number of carbonyl (C=O) groups excluding carboxylic acids is 1. The van der Waals surface area contributed by atoms with Crippen molar-refractivity contribution in [2.75, 3.05) is 45.3 Å². The molecule has 0 spiro atoms. The molecule has 118 valence electrons. The lowest BCUT2D eigenvalue weighted by Crippen LogP contribution is -2.25. The summed E-state index contributed by atoms with van der Waals surface area (Å²) in [6.07, 6.45) is 2.25. The van der Waals surface area contributed by atoms with E-state index in [-0.39, 0.29) is 5.91 Å². The molecule has 0 aromatic carbocycles. The monoisotopic (exact) mass is 315 g/mol. The second-order valence-electron chi connectivity index (χ2n) is 4.30. The van der Waals surface area contributed by atoms with Gasteiger partial charge in [0, 0.05) is 33.0 Å². The lowest BCUT2D eigenvalue weighted by Gasteiger charge is -2.08. The van der Waals surface area contributed by atoms with E-state index in [4.69, 9.17) is 21.1 Å². The number of aromatic nitrogens is 1. The Morgan fingerprint density at radius 2 is 2.19 bits per heavy atom. The molecule has 0 aliphatic carbocycles. The van der Waals surface area contributed by atoms with E-state index in [9.17, 15) is 4.79 Å². The van der Waals surface area contributed by atoms with Crippen molar-refractivity contribution in [2.45, 2.75) is 13.3 Å². The molecule has 21 heavy (non-hydrogen) atoms. The van der Waals surface area contributed by atoms with Gasteiger partial charge in [-0.25, -0.2) is 4.98 Å². The Balaban J connectivity index is 2.30. The summed E-state index contributed by atoms with van der Waals surface area (Å²) in [6, 6.07) is 1.61. The number of amides is 1. The fourth-order valence-electron chi connectivity index (χ4n) is 1.58. The second-order valence-corrected chi connectivity index (χ2v) is 4.71. The van der Waals surface area contributed by atoms with Crippen LogP contribution in [0.5, 0.6) is 0 Å². The number of nitrogens with zero attached hydrogens (tertiary/aromatic N) is 1. The Morgan fingerprint density at radius 1 is 1.38 bits per heavy atom. The molecule has 1 aromatic rings. The highest BCUT2D eigenvalue weighted by molar-refractivity contribution is 6.33. The van der Waals surface area contributed by atoms with E-state index in [1.165, 1.54) is 6.20 Å². The van der Waals surface area contributed by atoms with Gasteiger partial charge in [-0.05, 0) is 19.4 Å². The number of methoxy groups -OCH3 is 1. The van der Waals surface area contributed by atoms with E-state index in [1.54, 1.807) is 13.2 Å². The largest absolute Gasteiger partial charge is 0.382 e. The predicted molar refractivity (Wildman–Crippen MR) is 83.1 cm³/mol. The van der Waals surface area contributed by atoms with Gasteiger partial charge in [0.15, 0.2) is 0 Å². The summed E-state index contributed by atoms with van der Waals surface area (Å²) in [7, 11) is 1.63. The van der Waals surface area contributed by atoms with Crippen LogP contribution >= 0.6 is 11.6 Å². The van der Waals surface area contributed by atoms with Gasteiger partial charge in [-0.3, -0.25) is 4.79 Å². The SMILES string of the molecule is CCNc1ncc(C(=O)NCCCOCCOC)cc1Cl. The minimum atomic E-state index is -0.190. The first kappa shape index (κ1) is 17.7. The van der Waals surface area contributed by atoms with Crippen LogP contribution in [-0.2, 0) is 9.47 Å². The molecule has 0 aliphatic rings. The first-order valence-electron chi connectivity index (χ1n) is 6.93. The molecule has 0 bridgehead atoms. The molecule has 1 aromatic heterocycles. The Hall–Kier alpha value is -1.37. The Bertz CT molecular complexity index is 443. The van der Waals surface area contributed by atoms with E-state index in [0.29, 0.717) is 42.8 Å². The Morgan fingerprint density at radius 3 is 2.86 bits per heavy atom. The van der Waals surface area contributed by atoms with Crippen LogP contribution in [0.2, 0.25) is 5.02 Å². The number of pyridine rings is 1. The lowest BCUT2D eigenvalue weighted by molar-refractivity contribution is 0.0688. The Kier molecular flexibility index (Phi) is 8.73. The molecule has 0 fully saturated rings. The fraction of sp³-hybridized carbons (Fsp3) is 0.571. The first-order valence-corrected chi connectivity index (χ1v) is 7.31. The number of hydrogen-bond acceptors (Lipinski definition) is 5. The molecule has 0 unspecified atom stereocenters. The van der Waals surface area contributed by atoms with Gasteiger partial charge >= 0.3 is 0 Å². The molecular formula is C14H22ClN3O3. The molecule has 0 radical (unpaired) electrons. The molecule has 7 heteroatoms. The number of carbonyl (C=O) groups is 1. The van der Waals surface area contributed by atoms with Crippen LogP contribution in [-0.4, -0.2) is 50.9 Å². The van der Waals surface area contributed by atoms with Crippen molar-refractivity contribution in [3.63, 3.8) is 0 Å². The fourth-order valence-corrected chi connectivity index (χ4v) is 1.82. The van der Waals surface area contributed by atoms with E-state index < -0.39 is 0 Å². The molecule has 0 aliphatic heterocycles. The Labute approximate surface area is 130 Å². The average molecular weight is 316 g/mol. The third-order valence-electron chi connectivity index (χ3n) is 2.63. The summed E-state index contributed by atoms with van der Waals surface area (Å²) in [5.41, 5.74) is 0.446. The van der Waals surface area contributed by atoms with Crippen molar-refractivity contribution < 1.29 is 14.3 Å². The van der Waals surface area contributed by atoms with Gasteiger partial charge in [-0.1, -0.05) is 11.6 Å². The maximum Gasteiger partial charge on any atom is 0.252 e. The van der Waals surface area contributed by atoms with Crippen LogP contribution in [0.1, 0.15) is 23.7 Å². The molecule has 0 saturated carbocycles. The van der Waals surface area contributed by atoms with Gasteiger partial charge in [0.2, 0.25) is 0 Å². The van der Waals surface area contributed by atoms with Gasteiger partial charge in [-0.15, -0.1) is 0 Å². The number of nitrogens with one attached hydrogen (secondary N) is 2. The van der Waals surface area contributed by atoms with Crippen molar-refractivity contribution in [1.29, 1.82) is 0 Å². The summed E-state index contributed by atoms with van der Waals surface area (Å²) < 4.78 is 10.2. The minimum Gasteiger partial charge on any atom is -0.382 e. The molecule has 0 atom stereocenters. The van der Waals surface area contributed by atoms with Gasteiger partial charge in [0.05, 0.1) is 23.8 Å². The van der Waals surface area contributed by atoms with Crippen molar-refractivity contribution in [3.8, 4) is 0 Å². The maximum absolute atomic E-state index is 11.9. The van der Waals surface area contributed by atoms with Crippen LogP contribution < -0.4 is 10.6 Å². The van der Waals surface area contributed by atoms with Crippen LogP contribution in [0.25, 0.3) is 0 Å². The highest BCUT2D eigenvalue weighted by Crippen LogP contribution is 2.19. The molecule has 6 nitrogen and oxygen atoms in total. The van der Waals surface area contributed by atoms with Crippen molar-refractivity contribution >= 4 is 23.3 Å². The highest BCUT2D eigenvalue weighted by Gasteiger charge is 2.09. The smallest absolute Gasteiger partial charge is 0.252 e. The van der Waals surface area contributed by atoms with Crippen molar-refractivity contribution in [1.82, 2.24) is 10.3 Å². The molecule has 1 heterocycles. The molecular weight excluding hydrogens is 294 g/mol. The summed E-state index contributed by atoms with van der Waals surface area (Å²) in [4.78, 5) is 16.0. The van der Waals surface area contributed by atoms with Crippen molar-refractivity contribution in [2.24, 2.45) is 0 Å². The van der Waals surface area contributed by atoms with E-state index >= 15 is 0 Å². The number of ether oxygens (including phenoxy) is 2. The first-order chi connectivity index (χ1) is 10.2. The zero-order chi connectivity index (χ0) is 15.5. The number of hydrogen-bond donors (Lipinski definition) is 2. The van der Waals surface area contributed by atoms with Crippen LogP contribution in [0.3, 0.4) is 0 Å². The number of rotatable bonds is 10. The number of anilines is 1. The zero-order valence-corrected chi connectivity index (χ0v) is 13.2. The molecule has 1 amide bonds. The normalized spacial score (nSPS) is 10.4. The summed E-state index contributed by atoms with van der Waals surface area (Å²) in [6.45, 7) is 4.94.